The maximum absolute atomic E-state index is 12.3. The van der Waals surface area contributed by atoms with Gasteiger partial charge < -0.3 is 4.74 Å². The molecule has 1 rings (SSSR count). The van der Waals surface area contributed by atoms with Gasteiger partial charge in [0.1, 0.15) is 6.07 Å². The number of carbonyl (C=O) groups is 1. The van der Waals surface area contributed by atoms with Crippen molar-refractivity contribution in [2.75, 3.05) is 7.11 Å². The highest BCUT2D eigenvalue weighted by atomic mass is 35.5. The fourth-order valence-corrected chi connectivity index (χ4v) is 2.15. The van der Waals surface area contributed by atoms with Crippen molar-refractivity contribution in [1.82, 2.24) is 0 Å². The van der Waals surface area contributed by atoms with Gasteiger partial charge in [0.15, 0.2) is 0 Å². The molecule has 0 N–H and O–H groups in total. The molecule has 3 nitrogen and oxygen atoms in total. The van der Waals surface area contributed by atoms with Crippen LogP contribution in [-0.2, 0) is 4.74 Å². The number of esters is 1. The molecule has 0 aliphatic carbocycles. The molecule has 1 aromatic carbocycles. The van der Waals surface area contributed by atoms with Crippen LogP contribution in [0.4, 0.5) is 13.2 Å². The molecule has 0 amide bonds. The van der Waals surface area contributed by atoms with E-state index in [2.05, 4.69) is 4.74 Å². The van der Waals surface area contributed by atoms with Gasteiger partial charge in [-0.15, -0.1) is 0 Å². The highest BCUT2D eigenvalue weighted by Crippen LogP contribution is 2.40. The first-order valence-corrected chi connectivity index (χ1v) is 5.55. The van der Waals surface area contributed by atoms with Crippen LogP contribution in [0.5, 0.6) is 0 Å². The summed E-state index contributed by atoms with van der Waals surface area (Å²) < 4.78 is 41.3. The molecule has 0 spiro atoms. The van der Waals surface area contributed by atoms with Gasteiger partial charge in [-0.1, -0.05) is 11.6 Å². The second-order valence-corrected chi connectivity index (χ2v) is 4.52. The van der Waals surface area contributed by atoms with Crippen LogP contribution in [0.1, 0.15) is 15.9 Å². The Morgan fingerprint density at radius 2 is 2.11 bits per heavy atom. The molecular formula is C10H5ClF3NO2S. The predicted molar refractivity (Wildman–Crippen MR) is 59.4 cm³/mol. The second-order valence-electron chi connectivity index (χ2n) is 2.98. The van der Waals surface area contributed by atoms with Crippen molar-refractivity contribution in [1.29, 1.82) is 5.26 Å². The number of rotatable bonds is 2. The van der Waals surface area contributed by atoms with E-state index >= 15 is 0 Å². The number of halogens is 4. The van der Waals surface area contributed by atoms with E-state index in [0.717, 1.165) is 19.2 Å². The summed E-state index contributed by atoms with van der Waals surface area (Å²) in [5.41, 5.74) is -5.28. The lowest BCUT2D eigenvalue weighted by Gasteiger charge is -2.10. The molecule has 96 valence electrons. The fraction of sp³-hybridized carbons (Fsp3) is 0.200. The van der Waals surface area contributed by atoms with Crippen molar-refractivity contribution < 1.29 is 22.7 Å². The van der Waals surface area contributed by atoms with Crippen LogP contribution in [0, 0.1) is 11.3 Å². The van der Waals surface area contributed by atoms with E-state index in [4.69, 9.17) is 16.9 Å². The van der Waals surface area contributed by atoms with E-state index in [0.29, 0.717) is 0 Å². The third-order valence-electron chi connectivity index (χ3n) is 1.81. The van der Waals surface area contributed by atoms with E-state index in [-0.39, 0.29) is 10.6 Å². The van der Waals surface area contributed by atoms with Gasteiger partial charge in [-0.25, -0.2) is 4.79 Å². The SMILES string of the molecule is COC(=O)c1cc(Cl)cc(SC(F)(F)F)c1C#N. The van der Waals surface area contributed by atoms with Crippen LogP contribution in [0.15, 0.2) is 17.0 Å². The first kappa shape index (κ1) is 14.7. The predicted octanol–water partition coefficient (Wildman–Crippen LogP) is 3.61. The zero-order chi connectivity index (χ0) is 13.9. The number of methoxy groups -OCH3 is 1. The molecule has 0 atom stereocenters. The van der Waals surface area contributed by atoms with Gasteiger partial charge in [-0.3, -0.25) is 0 Å². The third kappa shape index (κ3) is 3.55. The van der Waals surface area contributed by atoms with E-state index in [1.807, 2.05) is 0 Å². The van der Waals surface area contributed by atoms with E-state index in [1.54, 1.807) is 6.07 Å². The molecule has 0 fully saturated rings. The monoisotopic (exact) mass is 295 g/mol. The number of hydrogen-bond donors (Lipinski definition) is 0. The quantitative estimate of drug-likeness (QED) is 0.618. The van der Waals surface area contributed by atoms with Crippen LogP contribution in [0.2, 0.25) is 5.02 Å². The zero-order valence-corrected chi connectivity index (χ0v) is 10.4. The van der Waals surface area contributed by atoms with Crippen molar-refractivity contribution in [2.24, 2.45) is 0 Å². The van der Waals surface area contributed by atoms with Crippen molar-refractivity contribution in [3.8, 4) is 6.07 Å². The molecule has 0 unspecified atom stereocenters. The normalized spacial score (nSPS) is 10.9. The van der Waals surface area contributed by atoms with Gasteiger partial charge in [0.2, 0.25) is 0 Å². The van der Waals surface area contributed by atoms with Crippen LogP contribution in [0.3, 0.4) is 0 Å². The highest BCUT2D eigenvalue weighted by Gasteiger charge is 2.32. The van der Waals surface area contributed by atoms with Crippen LogP contribution in [0.25, 0.3) is 0 Å². The average Bonchev–Trinajstić information content (AvgIpc) is 2.25. The first-order chi connectivity index (χ1) is 8.28. The molecule has 0 aliphatic rings. The minimum absolute atomic E-state index is 0.0823. The lowest BCUT2D eigenvalue weighted by molar-refractivity contribution is -0.0328. The van der Waals surface area contributed by atoms with Gasteiger partial charge in [-0.05, 0) is 23.9 Å². The van der Waals surface area contributed by atoms with Crippen molar-refractivity contribution in [3.63, 3.8) is 0 Å². The minimum Gasteiger partial charge on any atom is -0.465 e. The fourth-order valence-electron chi connectivity index (χ4n) is 1.17. The molecule has 0 heterocycles. The van der Waals surface area contributed by atoms with Gasteiger partial charge in [0.05, 0.1) is 18.2 Å². The summed E-state index contributed by atoms with van der Waals surface area (Å²) in [6.07, 6.45) is 0. The molecule has 1 aromatic rings. The maximum Gasteiger partial charge on any atom is 0.446 e. The molecule has 0 aliphatic heterocycles. The number of hydrogen-bond acceptors (Lipinski definition) is 4. The summed E-state index contributed by atoms with van der Waals surface area (Å²) in [4.78, 5) is 10.9. The van der Waals surface area contributed by atoms with Crippen molar-refractivity contribution in [3.05, 3.63) is 28.3 Å². The molecule has 0 radical (unpaired) electrons. The highest BCUT2D eigenvalue weighted by molar-refractivity contribution is 8.00. The first-order valence-electron chi connectivity index (χ1n) is 4.36. The zero-order valence-electron chi connectivity index (χ0n) is 8.84. The molecule has 8 heteroatoms. The number of alkyl halides is 3. The van der Waals surface area contributed by atoms with Gasteiger partial charge in [0, 0.05) is 9.92 Å². The number of nitriles is 1. The van der Waals surface area contributed by atoms with E-state index < -0.39 is 33.7 Å². The minimum atomic E-state index is -4.58. The Balaban J connectivity index is 3.39. The summed E-state index contributed by atoms with van der Waals surface area (Å²) in [5.74, 6) is -0.918. The summed E-state index contributed by atoms with van der Waals surface area (Å²) >= 11 is 5.10. The Bertz CT molecular complexity index is 525. The summed E-state index contributed by atoms with van der Waals surface area (Å²) in [5, 5.41) is 8.77. The van der Waals surface area contributed by atoms with E-state index in [9.17, 15) is 18.0 Å². The van der Waals surface area contributed by atoms with Crippen molar-refractivity contribution >= 4 is 29.3 Å². The Hall–Kier alpha value is -1.39. The van der Waals surface area contributed by atoms with Gasteiger partial charge in [0.25, 0.3) is 0 Å². The molecule has 0 bridgehead atoms. The van der Waals surface area contributed by atoms with Crippen LogP contribution >= 0.6 is 23.4 Å². The van der Waals surface area contributed by atoms with Crippen LogP contribution in [-0.4, -0.2) is 18.6 Å². The smallest absolute Gasteiger partial charge is 0.446 e. The van der Waals surface area contributed by atoms with Crippen LogP contribution < -0.4 is 0 Å². The Morgan fingerprint density at radius 3 is 2.56 bits per heavy atom. The Labute approximate surface area is 109 Å². The van der Waals surface area contributed by atoms with E-state index in [1.165, 1.54) is 0 Å². The number of thioether (sulfide) groups is 1. The number of nitrogens with zero attached hydrogens (tertiary/aromatic N) is 1. The summed E-state index contributed by atoms with van der Waals surface area (Å²) in [6, 6.07) is 3.62. The molecule has 0 saturated carbocycles. The van der Waals surface area contributed by atoms with Gasteiger partial charge >= 0.3 is 11.5 Å². The number of carbonyl (C=O) groups excluding carboxylic acids is 1. The topological polar surface area (TPSA) is 50.1 Å². The lowest BCUT2D eigenvalue weighted by atomic mass is 10.1. The molecule has 0 aromatic heterocycles. The Kier molecular flexibility index (Phi) is 4.48. The molecule has 18 heavy (non-hydrogen) atoms. The largest absolute Gasteiger partial charge is 0.465 e. The third-order valence-corrected chi connectivity index (χ3v) is 2.80. The second kappa shape index (κ2) is 5.50. The lowest BCUT2D eigenvalue weighted by Crippen LogP contribution is -2.07. The summed E-state index contributed by atoms with van der Waals surface area (Å²) in [6.45, 7) is 0. The standard InChI is InChI=1S/C10H5ClF3NO2S/c1-17-9(16)6-2-5(11)3-8(7(6)4-15)18-10(12,13)14/h2-3H,1H3. The Morgan fingerprint density at radius 1 is 1.50 bits per heavy atom. The number of benzene rings is 1. The van der Waals surface area contributed by atoms with Gasteiger partial charge in [-0.2, -0.15) is 18.4 Å². The molecular weight excluding hydrogens is 291 g/mol. The summed E-state index contributed by atoms with van der Waals surface area (Å²) in [7, 11) is 1.06. The average molecular weight is 296 g/mol. The van der Waals surface area contributed by atoms with Crippen molar-refractivity contribution in [2.45, 2.75) is 10.4 Å². The molecule has 0 saturated heterocycles. The maximum atomic E-state index is 12.3. The number of ether oxygens (including phenoxy) is 1.